The molecular weight excluding hydrogens is 254 g/mol. The van der Waals surface area contributed by atoms with Crippen LogP contribution in [0.5, 0.6) is 0 Å². The van der Waals surface area contributed by atoms with Gasteiger partial charge in [-0.1, -0.05) is 6.07 Å². The second kappa shape index (κ2) is 4.80. The summed E-state index contributed by atoms with van der Waals surface area (Å²) >= 11 is 0. The number of hydrogen-bond acceptors (Lipinski definition) is 3. The fourth-order valence-corrected chi connectivity index (χ4v) is 2.14. The van der Waals surface area contributed by atoms with Crippen molar-refractivity contribution in [2.45, 2.75) is 13.5 Å². The van der Waals surface area contributed by atoms with Crippen molar-refractivity contribution in [1.82, 2.24) is 25.1 Å². The highest BCUT2D eigenvalue weighted by Crippen LogP contribution is 2.16. The molecule has 1 amide bonds. The molecule has 0 spiro atoms. The lowest BCUT2D eigenvalue weighted by atomic mass is 10.2. The molecule has 0 radical (unpaired) electrons. The Hall–Kier alpha value is -2.63. The van der Waals surface area contributed by atoms with E-state index in [4.69, 9.17) is 0 Å². The maximum Gasteiger partial charge on any atom is 0.269 e. The normalized spacial score (nSPS) is 10.9. The van der Waals surface area contributed by atoms with Gasteiger partial charge in [-0.3, -0.25) is 9.89 Å². The van der Waals surface area contributed by atoms with E-state index in [-0.39, 0.29) is 5.91 Å². The maximum atomic E-state index is 11.8. The van der Waals surface area contributed by atoms with E-state index in [1.807, 2.05) is 36.7 Å². The SMILES string of the molecule is Cc1nc2cc(CNC(=O)c3ccn[nH]3)ccc2n1C. The zero-order valence-corrected chi connectivity index (χ0v) is 11.3. The summed E-state index contributed by atoms with van der Waals surface area (Å²) in [6, 6.07) is 7.65. The van der Waals surface area contributed by atoms with Gasteiger partial charge in [0, 0.05) is 19.8 Å². The van der Waals surface area contributed by atoms with Crippen LogP contribution in [0.2, 0.25) is 0 Å². The molecule has 2 heterocycles. The number of benzene rings is 1. The molecule has 0 unspecified atom stereocenters. The van der Waals surface area contributed by atoms with E-state index < -0.39 is 0 Å². The van der Waals surface area contributed by atoms with Gasteiger partial charge in [0.25, 0.3) is 5.91 Å². The van der Waals surface area contributed by atoms with Crippen LogP contribution in [0.4, 0.5) is 0 Å². The molecule has 1 aromatic carbocycles. The topological polar surface area (TPSA) is 75.6 Å². The first-order chi connectivity index (χ1) is 9.65. The first-order valence-electron chi connectivity index (χ1n) is 6.34. The van der Waals surface area contributed by atoms with Crippen LogP contribution in [-0.2, 0) is 13.6 Å². The van der Waals surface area contributed by atoms with Crippen LogP contribution in [0.1, 0.15) is 21.9 Å². The van der Waals surface area contributed by atoms with Crippen LogP contribution in [0.25, 0.3) is 11.0 Å². The average molecular weight is 269 g/mol. The third-order valence-corrected chi connectivity index (χ3v) is 3.37. The molecule has 3 aromatic rings. The molecule has 3 rings (SSSR count). The number of carbonyl (C=O) groups excluding carboxylic acids is 1. The lowest BCUT2D eigenvalue weighted by Crippen LogP contribution is -2.23. The van der Waals surface area contributed by atoms with Gasteiger partial charge in [-0.2, -0.15) is 5.10 Å². The van der Waals surface area contributed by atoms with Crippen molar-refractivity contribution in [3.8, 4) is 0 Å². The number of rotatable bonds is 3. The first-order valence-corrected chi connectivity index (χ1v) is 6.34. The van der Waals surface area contributed by atoms with E-state index in [0.717, 1.165) is 22.4 Å². The minimum Gasteiger partial charge on any atom is -0.347 e. The van der Waals surface area contributed by atoms with Crippen molar-refractivity contribution in [1.29, 1.82) is 0 Å². The number of carbonyl (C=O) groups is 1. The Morgan fingerprint density at radius 2 is 2.25 bits per heavy atom. The second-order valence-corrected chi connectivity index (χ2v) is 4.69. The minimum absolute atomic E-state index is 0.167. The van der Waals surface area contributed by atoms with Crippen LogP contribution in [0.15, 0.2) is 30.5 Å². The Bertz CT molecular complexity index is 757. The van der Waals surface area contributed by atoms with Gasteiger partial charge in [-0.25, -0.2) is 4.98 Å². The van der Waals surface area contributed by atoms with E-state index in [9.17, 15) is 4.79 Å². The van der Waals surface area contributed by atoms with Crippen molar-refractivity contribution >= 4 is 16.9 Å². The van der Waals surface area contributed by atoms with E-state index >= 15 is 0 Å². The Labute approximate surface area is 115 Å². The molecule has 6 heteroatoms. The molecule has 0 aliphatic rings. The minimum atomic E-state index is -0.167. The molecule has 102 valence electrons. The molecule has 20 heavy (non-hydrogen) atoms. The Morgan fingerprint density at radius 1 is 1.40 bits per heavy atom. The summed E-state index contributed by atoms with van der Waals surface area (Å²) in [5.41, 5.74) is 3.51. The van der Waals surface area contributed by atoms with Gasteiger partial charge in [0.05, 0.1) is 11.0 Å². The number of aromatic amines is 1. The maximum absolute atomic E-state index is 11.8. The Balaban J connectivity index is 1.76. The van der Waals surface area contributed by atoms with E-state index in [1.165, 1.54) is 0 Å². The fourth-order valence-electron chi connectivity index (χ4n) is 2.14. The number of imidazole rings is 1. The third-order valence-electron chi connectivity index (χ3n) is 3.37. The van der Waals surface area contributed by atoms with Crippen molar-refractivity contribution in [3.63, 3.8) is 0 Å². The quantitative estimate of drug-likeness (QED) is 0.757. The van der Waals surface area contributed by atoms with Crippen molar-refractivity contribution in [2.75, 3.05) is 0 Å². The lowest BCUT2D eigenvalue weighted by molar-refractivity contribution is 0.0946. The summed E-state index contributed by atoms with van der Waals surface area (Å²) in [5.74, 6) is 0.804. The average Bonchev–Trinajstić information content (AvgIpc) is 3.06. The van der Waals surface area contributed by atoms with Gasteiger partial charge in [0.2, 0.25) is 0 Å². The number of fused-ring (bicyclic) bond motifs is 1. The molecule has 0 fully saturated rings. The van der Waals surface area contributed by atoms with Gasteiger partial charge in [0.1, 0.15) is 11.5 Å². The standard InChI is InChI=1S/C14H15N5O/c1-9-17-12-7-10(3-4-13(12)19(9)2)8-15-14(20)11-5-6-16-18-11/h3-7H,8H2,1-2H3,(H,15,20)(H,16,18). The summed E-state index contributed by atoms with van der Waals surface area (Å²) in [6.45, 7) is 2.43. The number of nitrogens with one attached hydrogen (secondary N) is 2. The first kappa shape index (κ1) is 12.4. The summed E-state index contributed by atoms with van der Waals surface area (Å²) in [7, 11) is 1.99. The highest BCUT2D eigenvalue weighted by Gasteiger charge is 2.08. The monoisotopic (exact) mass is 269 g/mol. The van der Waals surface area contributed by atoms with Crippen LogP contribution >= 0.6 is 0 Å². The highest BCUT2D eigenvalue weighted by molar-refractivity contribution is 5.92. The van der Waals surface area contributed by atoms with Gasteiger partial charge in [-0.15, -0.1) is 0 Å². The zero-order valence-electron chi connectivity index (χ0n) is 11.3. The van der Waals surface area contributed by atoms with Crippen molar-refractivity contribution in [2.24, 2.45) is 7.05 Å². The van der Waals surface area contributed by atoms with Gasteiger partial charge in [-0.05, 0) is 30.7 Å². The molecular formula is C14H15N5O. The number of amides is 1. The van der Waals surface area contributed by atoms with Crippen LogP contribution in [-0.4, -0.2) is 25.7 Å². The smallest absolute Gasteiger partial charge is 0.269 e. The molecule has 0 bridgehead atoms. The molecule has 0 atom stereocenters. The van der Waals surface area contributed by atoms with E-state index in [0.29, 0.717) is 12.2 Å². The summed E-state index contributed by atoms with van der Waals surface area (Å²) < 4.78 is 2.04. The number of aryl methyl sites for hydroxylation is 2. The summed E-state index contributed by atoms with van der Waals surface area (Å²) in [4.78, 5) is 16.3. The summed E-state index contributed by atoms with van der Waals surface area (Å²) in [6.07, 6.45) is 1.55. The number of H-pyrrole nitrogens is 1. The Kier molecular flexibility index (Phi) is 2.98. The van der Waals surface area contributed by atoms with Crippen LogP contribution < -0.4 is 5.32 Å². The number of aromatic nitrogens is 4. The largest absolute Gasteiger partial charge is 0.347 e. The zero-order chi connectivity index (χ0) is 14.1. The predicted molar refractivity (Wildman–Crippen MR) is 75.2 cm³/mol. The molecule has 0 aliphatic heterocycles. The summed E-state index contributed by atoms with van der Waals surface area (Å²) in [5, 5.41) is 9.23. The Morgan fingerprint density at radius 3 is 3.00 bits per heavy atom. The number of nitrogens with zero attached hydrogens (tertiary/aromatic N) is 3. The van der Waals surface area contributed by atoms with E-state index in [2.05, 4.69) is 20.5 Å². The van der Waals surface area contributed by atoms with Gasteiger partial charge < -0.3 is 9.88 Å². The van der Waals surface area contributed by atoms with Crippen molar-refractivity contribution in [3.05, 3.63) is 47.5 Å². The molecule has 6 nitrogen and oxygen atoms in total. The van der Waals surface area contributed by atoms with Gasteiger partial charge in [0.15, 0.2) is 0 Å². The van der Waals surface area contributed by atoms with E-state index in [1.54, 1.807) is 12.3 Å². The molecule has 2 N–H and O–H groups in total. The van der Waals surface area contributed by atoms with Crippen LogP contribution in [0, 0.1) is 6.92 Å². The fraction of sp³-hybridized carbons (Fsp3) is 0.214. The van der Waals surface area contributed by atoms with Crippen molar-refractivity contribution < 1.29 is 4.79 Å². The lowest BCUT2D eigenvalue weighted by Gasteiger charge is -2.04. The van der Waals surface area contributed by atoms with Crippen LogP contribution in [0.3, 0.4) is 0 Å². The second-order valence-electron chi connectivity index (χ2n) is 4.69. The molecule has 0 saturated carbocycles. The number of hydrogen-bond donors (Lipinski definition) is 2. The molecule has 0 saturated heterocycles. The molecule has 0 aliphatic carbocycles. The third kappa shape index (κ3) is 2.16. The van der Waals surface area contributed by atoms with Gasteiger partial charge >= 0.3 is 0 Å². The predicted octanol–water partition coefficient (Wildman–Crippen LogP) is 1.53. The highest BCUT2D eigenvalue weighted by atomic mass is 16.1. The molecule has 2 aromatic heterocycles.